The minimum atomic E-state index is -0.119. The van der Waals surface area contributed by atoms with E-state index in [2.05, 4.69) is 19.1 Å². The highest BCUT2D eigenvalue weighted by molar-refractivity contribution is 7.12. The van der Waals surface area contributed by atoms with Crippen LogP contribution >= 0.6 is 22.9 Å². The average molecular weight is 252 g/mol. The Morgan fingerprint density at radius 1 is 1.19 bits per heavy atom. The highest BCUT2D eigenvalue weighted by Crippen LogP contribution is 2.30. The van der Waals surface area contributed by atoms with Gasteiger partial charge in [0.05, 0.1) is 6.04 Å². The molecule has 1 aromatic heterocycles. The summed E-state index contributed by atoms with van der Waals surface area (Å²) >= 11 is 7.93. The molecule has 0 amide bonds. The maximum absolute atomic E-state index is 6.21. The summed E-state index contributed by atoms with van der Waals surface area (Å²) < 4.78 is 0. The molecule has 1 aromatic carbocycles. The molecular formula is C13H14ClNS. The molecule has 0 bridgehead atoms. The number of hydrogen-bond donors (Lipinski definition) is 1. The zero-order valence-electron chi connectivity index (χ0n) is 9.33. The average Bonchev–Trinajstić information content (AvgIpc) is 2.64. The number of nitrogens with two attached hydrogens (primary N) is 1. The Hall–Kier alpha value is -0.830. The SMILES string of the molecule is Cc1ccc(C(N)c2ccc(C)s2)c(Cl)c1. The summed E-state index contributed by atoms with van der Waals surface area (Å²) in [6.07, 6.45) is 0. The molecule has 1 nitrogen and oxygen atoms in total. The molecule has 2 N–H and O–H groups in total. The Bertz CT molecular complexity index is 504. The predicted octanol–water partition coefficient (Wildman–Crippen LogP) is 4.07. The van der Waals surface area contributed by atoms with Crippen molar-refractivity contribution in [1.29, 1.82) is 0 Å². The minimum absolute atomic E-state index is 0.119. The first-order valence-corrected chi connectivity index (χ1v) is 6.35. The first-order valence-electron chi connectivity index (χ1n) is 5.16. The van der Waals surface area contributed by atoms with Gasteiger partial charge in [0.15, 0.2) is 0 Å². The minimum Gasteiger partial charge on any atom is -0.320 e. The van der Waals surface area contributed by atoms with Crippen molar-refractivity contribution in [3.8, 4) is 0 Å². The lowest BCUT2D eigenvalue weighted by molar-refractivity contribution is 0.893. The summed E-state index contributed by atoms with van der Waals surface area (Å²) in [5.41, 5.74) is 8.36. The van der Waals surface area contributed by atoms with Gasteiger partial charge in [0.25, 0.3) is 0 Å². The Morgan fingerprint density at radius 3 is 2.50 bits per heavy atom. The summed E-state index contributed by atoms with van der Waals surface area (Å²) in [5.74, 6) is 0. The van der Waals surface area contributed by atoms with Gasteiger partial charge in [0, 0.05) is 14.8 Å². The van der Waals surface area contributed by atoms with Crippen molar-refractivity contribution in [2.24, 2.45) is 5.73 Å². The molecule has 1 heterocycles. The number of benzene rings is 1. The molecule has 0 aliphatic carbocycles. The van der Waals surface area contributed by atoms with E-state index < -0.39 is 0 Å². The summed E-state index contributed by atoms with van der Waals surface area (Å²) in [6.45, 7) is 4.11. The van der Waals surface area contributed by atoms with Crippen LogP contribution in [0.15, 0.2) is 30.3 Å². The molecule has 0 aliphatic heterocycles. The highest BCUT2D eigenvalue weighted by atomic mass is 35.5. The Labute approximate surface area is 105 Å². The zero-order valence-corrected chi connectivity index (χ0v) is 10.9. The summed E-state index contributed by atoms with van der Waals surface area (Å²) in [4.78, 5) is 2.43. The number of thiophene rings is 1. The van der Waals surface area contributed by atoms with Crippen molar-refractivity contribution < 1.29 is 0 Å². The van der Waals surface area contributed by atoms with Crippen LogP contribution in [0.5, 0.6) is 0 Å². The molecule has 0 radical (unpaired) electrons. The van der Waals surface area contributed by atoms with E-state index in [0.29, 0.717) is 0 Å². The van der Waals surface area contributed by atoms with Crippen LogP contribution in [0.2, 0.25) is 5.02 Å². The van der Waals surface area contributed by atoms with Crippen LogP contribution in [-0.2, 0) is 0 Å². The third-order valence-electron chi connectivity index (χ3n) is 2.56. The van der Waals surface area contributed by atoms with Gasteiger partial charge in [-0.2, -0.15) is 0 Å². The van der Waals surface area contributed by atoms with E-state index in [1.54, 1.807) is 11.3 Å². The molecule has 0 saturated carbocycles. The van der Waals surface area contributed by atoms with Gasteiger partial charge in [0.2, 0.25) is 0 Å². The molecule has 84 valence electrons. The van der Waals surface area contributed by atoms with Crippen molar-refractivity contribution in [2.45, 2.75) is 19.9 Å². The molecule has 2 aromatic rings. The van der Waals surface area contributed by atoms with Crippen molar-refractivity contribution in [2.75, 3.05) is 0 Å². The van der Waals surface area contributed by atoms with E-state index in [1.165, 1.54) is 4.88 Å². The molecule has 1 atom stereocenters. The van der Waals surface area contributed by atoms with Crippen LogP contribution in [0.3, 0.4) is 0 Å². The standard InChI is InChI=1S/C13H14ClNS/c1-8-3-5-10(11(14)7-8)13(15)12-6-4-9(2)16-12/h3-7,13H,15H2,1-2H3. The predicted molar refractivity (Wildman–Crippen MR) is 71.3 cm³/mol. The van der Waals surface area contributed by atoms with Crippen molar-refractivity contribution in [1.82, 2.24) is 0 Å². The first-order chi connectivity index (χ1) is 7.58. The van der Waals surface area contributed by atoms with Gasteiger partial charge >= 0.3 is 0 Å². The Morgan fingerprint density at radius 2 is 1.94 bits per heavy atom. The second-order valence-corrected chi connectivity index (χ2v) is 5.68. The highest BCUT2D eigenvalue weighted by Gasteiger charge is 2.13. The quantitative estimate of drug-likeness (QED) is 0.856. The number of aryl methyl sites for hydroxylation is 2. The number of halogens is 1. The monoisotopic (exact) mass is 251 g/mol. The van der Waals surface area contributed by atoms with Crippen LogP contribution in [0.4, 0.5) is 0 Å². The molecule has 0 saturated heterocycles. The van der Waals surface area contributed by atoms with Crippen LogP contribution < -0.4 is 5.73 Å². The Balaban J connectivity index is 2.37. The van der Waals surface area contributed by atoms with Crippen molar-refractivity contribution in [3.63, 3.8) is 0 Å². The largest absolute Gasteiger partial charge is 0.320 e. The summed E-state index contributed by atoms with van der Waals surface area (Å²) in [6, 6.07) is 10.0. The lowest BCUT2D eigenvalue weighted by Gasteiger charge is -2.12. The molecule has 3 heteroatoms. The van der Waals surface area contributed by atoms with E-state index in [9.17, 15) is 0 Å². The van der Waals surface area contributed by atoms with Gasteiger partial charge in [-0.15, -0.1) is 11.3 Å². The van der Waals surface area contributed by atoms with E-state index >= 15 is 0 Å². The molecule has 2 rings (SSSR count). The van der Waals surface area contributed by atoms with E-state index in [0.717, 1.165) is 21.0 Å². The van der Waals surface area contributed by atoms with Crippen LogP contribution in [0, 0.1) is 13.8 Å². The fourth-order valence-corrected chi connectivity index (χ4v) is 2.91. The van der Waals surface area contributed by atoms with E-state index in [-0.39, 0.29) is 6.04 Å². The lowest BCUT2D eigenvalue weighted by Crippen LogP contribution is -2.10. The van der Waals surface area contributed by atoms with Crippen LogP contribution in [0.25, 0.3) is 0 Å². The van der Waals surface area contributed by atoms with Gasteiger partial charge in [-0.25, -0.2) is 0 Å². The number of rotatable bonds is 2. The zero-order chi connectivity index (χ0) is 11.7. The lowest BCUT2D eigenvalue weighted by atomic mass is 10.0. The van der Waals surface area contributed by atoms with Gasteiger partial charge < -0.3 is 5.73 Å². The first kappa shape index (κ1) is 11.6. The second-order valence-electron chi connectivity index (χ2n) is 3.95. The maximum atomic E-state index is 6.21. The van der Waals surface area contributed by atoms with Crippen molar-refractivity contribution >= 4 is 22.9 Å². The maximum Gasteiger partial charge on any atom is 0.0660 e. The van der Waals surface area contributed by atoms with Crippen LogP contribution in [0.1, 0.15) is 26.9 Å². The fraction of sp³-hybridized carbons (Fsp3) is 0.231. The van der Waals surface area contributed by atoms with Crippen molar-refractivity contribution in [3.05, 3.63) is 56.2 Å². The molecule has 0 spiro atoms. The van der Waals surface area contributed by atoms with Gasteiger partial charge in [-0.3, -0.25) is 0 Å². The third-order valence-corrected chi connectivity index (χ3v) is 3.97. The number of hydrogen-bond acceptors (Lipinski definition) is 2. The third kappa shape index (κ3) is 2.29. The molecule has 0 fully saturated rings. The Kier molecular flexibility index (Phi) is 3.33. The van der Waals surface area contributed by atoms with Crippen LogP contribution in [-0.4, -0.2) is 0 Å². The van der Waals surface area contributed by atoms with Gasteiger partial charge in [-0.1, -0.05) is 23.7 Å². The smallest absolute Gasteiger partial charge is 0.0660 e. The molecular weight excluding hydrogens is 238 g/mol. The second kappa shape index (κ2) is 4.58. The molecule has 0 aliphatic rings. The summed E-state index contributed by atoms with van der Waals surface area (Å²) in [7, 11) is 0. The fourth-order valence-electron chi connectivity index (χ4n) is 1.66. The molecule has 16 heavy (non-hydrogen) atoms. The summed E-state index contributed by atoms with van der Waals surface area (Å²) in [5, 5.41) is 0.749. The topological polar surface area (TPSA) is 26.0 Å². The van der Waals surface area contributed by atoms with Gasteiger partial charge in [-0.05, 0) is 43.2 Å². The van der Waals surface area contributed by atoms with Gasteiger partial charge in [0.1, 0.15) is 0 Å². The van der Waals surface area contributed by atoms with E-state index in [4.69, 9.17) is 17.3 Å². The normalized spacial score (nSPS) is 12.8. The molecule has 1 unspecified atom stereocenters. The van der Waals surface area contributed by atoms with E-state index in [1.807, 2.05) is 25.1 Å².